The number of halogens is 8. The van der Waals surface area contributed by atoms with E-state index < -0.39 is 62.7 Å². The Labute approximate surface area is 238 Å². The number of non-ortho nitro benzene ring substituents is 1. The van der Waals surface area contributed by atoms with Gasteiger partial charge in [0.2, 0.25) is 11.1 Å². The summed E-state index contributed by atoms with van der Waals surface area (Å²) in [5, 5.41) is 22.5. The SMILES string of the molecule is NC(=O)c1cc([N+](=O)[O-])cc(-c2ncc(C(F)(F)C(F)(F)C(F)(F)F)cc2F)c1Sc1nnnn1CCOC1CCOC1. The van der Waals surface area contributed by atoms with E-state index in [4.69, 9.17) is 15.2 Å². The van der Waals surface area contributed by atoms with Gasteiger partial charge in [-0.15, -0.1) is 5.10 Å². The lowest BCUT2D eigenvalue weighted by Crippen LogP contribution is -2.50. The quantitative estimate of drug-likeness (QED) is 0.183. The second kappa shape index (κ2) is 12.0. The number of hydrogen-bond acceptors (Lipinski definition) is 10. The minimum Gasteiger partial charge on any atom is -0.379 e. The van der Waals surface area contributed by atoms with Crippen molar-refractivity contribution in [3.05, 3.63) is 51.5 Å². The van der Waals surface area contributed by atoms with Crippen molar-refractivity contribution in [2.24, 2.45) is 5.73 Å². The van der Waals surface area contributed by atoms with Crippen LogP contribution in [0.15, 0.2) is 34.4 Å². The molecule has 1 saturated heterocycles. The van der Waals surface area contributed by atoms with E-state index in [1.54, 1.807) is 0 Å². The van der Waals surface area contributed by atoms with Gasteiger partial charge in [0, 0.05) is 41.0 Å². The van der Waals surface area contributed by atoms with Crippen LogP contribution < -0.4 is 5.73 Å². The minimum atomic E-state index is -6.70. The molecule has 3 heterocycles. The fourth-order valence-corrected chi connectivity index (χ4v) is 4.83. The number of hydrogen-bond donors (Lipinski definition) is 1. The van der Waals surface area contributed by atoms with Crippen LogP contribution >= 0.6 is 11.8 Å². The molecule has 0 bridgehead atoms. The number of ether oxygens (including phenoxy) is 2. The molecule has 0 radical (unpaired) electrons. The fraction of sp³-hybridized carbons (Fsp3) is 0.409. The van der Waals surface area contributed by atoms with E-state index in [9.17, 15) is 45.6 Å². The Hall–Kier alpha value is -3.98. The molecule has 1 unspecified atom stereocenters. The van der Waals surface area contributed by atoms with Gasteiger partial charge in [-0.2, -0.15) is 30.7 Å². The topological polar surface area (TPSA) is 161 Å². The number of alkyl halides is 7. The molecule has 3 aromatic rings. The van der Waals surface area contributed by atoms with E-state index in [0.29, 0.717) is 37.5 Å². The summed E-state index contributed by atoms with van der Waals surface area (Å²) in [7, 11) is 0. The summed E-state index contributed by atoms with van der Waals surface area (Å²) >= 11 is 0.526. The van der Waals surface area contributed by atoms with Crippen LogP contribution in [0.2, 0.25) is 0 Å². The van der Waals surface area contributed by atoms with Crippen molar-refractivity contribution in [3.63, 3.8) is 0 Å². The number of carbonyl (C=O) groups is 1. The number of pyridine rings is 1. The highest BCUT2D eigenvalue weighted by molar-refractivity contribution is 7.99. The van der Waals surface area contributed by atoms with E-state index >= 15 is 4.39 Å². The molecule has 2 aromatic heterocycles. The number of nitrogens with two attached hydrogens (primary N) is 1. The molecule has 0 saturated carbocycles. The third-order valence-corrected chi connectivity index (χ3v) is 7.12. The van der Waals surface area contributed by atoms with E-state index in [2.05, 4.69) is 20.5 Å². The summed E-state index contributed by atoms with van der Waals surface area (Å²) in [4.78, 5) is 25.7. The zero-order valence-electron chi connectivity index (χ0n) is 21.2. The Balaban J connectivity index is 1.77. The Morgan fingerprint density at radius 1 is 1.21 bits per heavy atom. The highest BCUT2D eigenvalue weighted by Gasteiger charge is 2.73. The van der Waals surface area contributed by atoms with Gasteiger partial charge in [-0.05, 0) is 34.7 Å². The van der Waals surface area contributed by atoms with Crippen molar-refractivity contribution in [2.75, 3.05) is 19.8 Å². The maximum Gasteiger partial charge on any atom is 0.460 e. The normalized spacial score (nSPS) is 16.0. The van der Waals surface area contributed by atoms with Gasteiger partial charge in [-0.3, -0.25) is 19.9 Å². The molecule has 1 amide bonds. The van der Waals surface area contributed by atoms with Crippen molar-refractivity contribution in [1.82, 2.24) is 25.2 Å². The molecule has 2 N–H and O–H groups in total. The van der Waals surface area contributed by atoms with E-state index in [0.717, 1.165) is 6.07 Å². The number of carbonyl (C=O) groups excluding carboxylic acids is 1. The van der Waals surface area contributed by atoms with Gasteiger partial charge in [0.1, 0.15) is 11.5 Å². The fourth-order valence-electron chi connectivity index (χ4n) is 3.81. The number of amides is 1. The van der Waals surface area contributed by atoms with Crippen molar-refractivity contribution in [1.29, 1.82) is 0 Å². The number of benzene rings is 1. The average Bonchev–Trinajstić information content (AvgIpc) is 3.60. The van der Waals surface area contributed by atoms with Crippen LogP contribution in [-0.4, -0.2) is 74.0 Å². The van der Waals surface area contributed by atoms with E-state index in [1.807, 2.05) is 0 Å². The van der Waals surface area contributed by atoms with Gasteiger partial charge in [0.25, 0.3) is 5.69 Å². The Morgan fingerprint density at radius 2 is 1.93 bits per heavy atom. The Bertz CT molecular complexity index is 1530. The second-order valence-electron chi connectivity index (χ2n) is 8.84. The molecule has 1 atom stereocenters. The third kappa shape index (κ3) is 6.37. The standard InChI is InChI=1S/C22H17F8N7O5S/c23-15-5-10(20(24,25)21(26,27)22(28,29)30)8-32-16(15)13-6-11(37(39)40)7-14(18(31)38)17(13)43-19-33-34-35-36(19)2-4-42-12-1-3-41-9-12/h5-8,12H,1-4,9H2,(H2,31,38). The first kappa shape index (κ1) is 31.9. The van der Waals surface area contributed by atoms with Crippen LogP contribution in [-0.2, 0) is 21.9 Å². The van der Waals surface area contributed by atoms with Gasteiger partial charge in [-0.25, -0.2) is 9.07 Å². The number of tetrazole rings is 1. The van der Waals surface area contributed by atoms with Crippen molar-refractivity contribution in [3.8, 4) is 11.3 Å². The summed E-state index contributed by atoms with van der Waals surface area (Å²) in [6, 6.07) is 1.06. The summed E-state index contributed by atoms with van der Waals surface area (Å²) < 4.78 is 121. The first-order valence-electron chi connectivity index (χ1n) is 11.8. The maximum atomic E-state index is 15.2. The van der Waals surface area contributed by atoms with Crippen molar-refractivity contribution >= 4 is 23.4 Å². The summed E-state index contributed by atoms with van der Waals surface area (Å²) in [5.41, 5.74) is 0.158. The van der Waals surface area contributed by atoms with E-state index in [-0.39, 0.29) is 41.6 Å². The van der Waals surface area contributed by atoms with Gasteiger partial charge in [0.05, 0.1) is 36.3 Å². The molecule has 1 aliphatic rings. The van der Waals surface area contributed by atoms with Gasteiger partial charge < -0.3 is 15.2 Å². The number of aromatic nitrogens is 5. The van der Waals surface area contributed by atoms with Crippen LogP contribution in [0.4, 0.5) is 40.8 Å². The zero-order chi connectivity index (χ0) is 31.7. The Morgan fingerprint density at radius 3 is 2.51 bits per heavy atom. The van der Waals surface area contributed by atoms with Gasteiger partial charge in [0.15, 0.2) is 0 Å². The molecule has 0 spiro atoms. The monoisotopic (exact) mass is 643 g/mol. The summed E-state index contributed by atoms with van der Waals surface area (Å²) in [6.45, 7) is 1.03. The molecule has 0 aliphatic carbocycles. The second-order valence-corrected chi connectivity index (χ2v) is 9.81. The number of nitro groups is 1. The predicted molar refractivity (Wildman–Crippen MR) is 127 cm³/mol. The predicted octanol–water partition coefficient (Wildman–Crippen LogP) is 4.13. The van der Waals surface area contributed by atoms with Crippen LogP contribution in [0.25, 0.3) is 11.3 Å². The third-order valence-electron chi connectivity index (χ3n) is 6.00. The smallest absolute Gasteiger partial charge is 0.379 e. The summed E-state index contributed by atoms with van der Waals surface area (Å²) in [6.07, 6.45) is -6.37. The minimum absolute atomic E-state index is 0.0455. The lowest BCUT2D eigenvalue weighted by atomic mass is 10.0. The zero-order valence-corrected chi connectivity index (χ0v) is 22.0. The van der Waals surface area contributed by atoms with Crippen molar-refractivity contribution in [2.45, 2.75) is 47.1 Å². The molecule has 4 rings (SSSR count). The first-order chi connectivity index (χ1) is 20.0. The molecule has 12 nitrogen and oxygen atoms in total. The number of primary amides is 1. The van der Waals surface area contributed by atoms with Crippen LogP contribution in [0.3, 0.4) is 0 Å². The first-order valence-corrected chi connectivity index (χ1v) is 12.6. The average molecular weight is 643 g/mol. The number of rotatable bonds is 11. The molecule has 1 aliphatic heterocycles. The maximum absolute atomic E-state index is 15.2. The largest absolute Gasteiger partial charge is 0.460 e. The molecule has 21 heteroatoms. The molecular formula is C22H17F8N7O5S. The highest BCUT2D eigenvalue weighted by Crippen LogP contribution is 2.52. The molecule has 232 valence electrons. The highest BCUT2D eigenvalue weighted by atomic mass is 32.2. The Kier molecular flexibility index (Phi) is 8.88. The number of nitrogens with zero attached hydrogens (tertiary/aromatic N) is 6. The van der Waals surface area contributed by atoms with Crippen LogP contribution in [0.5, 0.6) is 0 Å². The van der Waals surface area contributed by atoms with E-state index in [1.165, 1.54) is 4.68 Å². The molecule has 1 fully saturated rings. The molecule has 43 heavy (non-hydrogen) atoms. The summed E-state index contributed by atoms with van der Waals surface area (Å²) in [5.74, 6) is -15.7. The molecule has 1 aromatic carbocycles. The lowest BCUT2D eigenvalue weighted by molar-refractivity contribution is -0.384. The van der Waals surface area contributed by atoms with Gasteiger partial charge >= 0.3 is 18.0 Å². The number of nitro benzene ring substituents is 1. The lowest BCUT2D eigenvalue weighted by Gasteiger charge is -2.28. The van der Waals surface area contributed by atoms with Crippen LogP contribution in [0, 0.1) is 15.9 Å². The van der Waals surface area contributed by atoms with Crippen molar-refractivity contribution < 1.29 is 54.3 Å². The van der Waals surface area contributed by atoms with Gasteiger partial charge in [-0.1, -0.05) is 0 Å². The van der Waals surface area contributed by atoms with Crippen LogP contribution in [0.1, 0.15) is 22.3 Å². The molecular weight excluding hydrogens is 626 g/mol.